The van der Waals surface area contributed by atoms with Crippen molar-refractivity contribution in [2.45, 2.75) is 110 Å². The Bertz CT molecular complexity index is 426. The molecule has 0 fully saturated rings. The van der Waals surface area contributed by atoms with E-state index < -0.39 is 0 Å². The van der Waals surface area contributed by atoms with Gasteiger partial charge in [0.2, 0.25) is 0 Å². The summed E-state index contributed by atoms with van der Waals surface area (Å²) in [5.74, 6) is 0.102. The molecule has 0 spiro atoms. The Balaban J connectivity index is 0.000000861. The zero-order chi connectivity index (χ0) is 20.7. The fraction of sp³-hybridized carbons (Fsp3) is 0.760. The van der Waals surface area contributed by atoms with Crippen LogP contribution in [0.5, 0.6) is 0 Å². The van der Waals surface area contributed by atoms with E-state index in [4.69, 9.17) is 5.73 Å². The summed E-state index contributed by atoms with van der Waals surface area (Å²) in [6.45, 7) is 6.88. The van der Waals surface area contributed by atoms with Crippen LogP contribution in [0.4, 0.5) is 0 Å². The Hall–Kier alpha value is -1.22. The van der Waals surface area contributed by atoms with Gasteiger partial charge in [0.1, 0.15) is 12.5 Å². The first-order chi connectivity index (χ1) is 13.7. The van der Waals surface area contributed by atoms with Crippen molar-refractivity contribution in [2.75, 3.05) is 13.1 Å². The molecule has 0 aromatic heterocycles. The maximum atomic E-state index is 11.0. The van der Waals surface area contributed by atoms with Crippen molar-refractivity contribution in [3.05, 3.63) is 30.2 Å². The highest BCUT2D eigenvalue weighted by Gasteiger charge is 1.96. The van der Waals surface area contributed by atoms with E-state index in [2.05, 4.69) is 19.7 Å². The predicted octanol–water partition coefficient (Wildman–Crippen LogP) is 7.65. The largest absolute Gasteiger partial charge is 0.671 e. The molecular weight excluding hydrogens is 344 g/mol. The van der Waals surface area contributed by atoms with Crippen LogP contribution in [0.25, 0.3) is 5.73 Å². The van der Waals surface area contributed by atoms with E-state index >= 15 is 0 Å². The second kappa shape index (κ2) is 22.1. The van der Waals surface area contributed by atoms with Crippen molar-refractivity contribution in [1.29, 1.82) is 0 Å². The number of nitrogens with zero attached hydrogens (tertiary/aromatic N) is 1. The van der Waals surface area contributed by atoms with Gasteiger partial charge in [0.05, 0.1) is 0 Å². The molecule has 0 amide bonds. The number of nitrogens with one attached hydrogen (secondary N) is 1. The van der Waals surface area contributed by atoms with Gasteiger partial charge >= 0.3 is 0 Å². The standard InChI is InChI=1S/C19H38NO.C6H8N/c1-2-3-4-5-6-7-8-9-10-11-12-13-14-15-16-17-19(21)18-20;1-7-5-3-2-4-6-7/h20H,2-18H2,1H3;2-5H,1,6H2/q-1;+1. The third-order valence-electron chi connectivity index (χ3n) is 5.14. The number of allylic oxidation sites excluding steroid dienone is 2. The van der Waals surface area contributed by atoms with E-state index in [0.717, 1.165) is 13.0 Å². The molecule has 0 radical (unpaired) electrons. The molecular formula is C25H46N2O. The average molecular weight is 391 g/mol. The lowest BCUT2D eigenvalue weighted by atomic mass is 10.0. The summed E-state index contributed by atoms with van der Waals surface area (Å²) >= 11 is 0. The predicted molar refractivity (Wildman–Crippen MR) is 124 cm³/mol. The molecule has 162 valence electrons. The molecule has 0 atom stereocenters. The van der Waals surface area contributed by atoms with Crippen LogP contribution in [-0.4, -0.2) is 30.2 Å². The molecule has 0 bridgehead atoms. The average Bonchev–Trinajstić information content (AvgIpc) is 2.71. The maximum absolute atomic E-state index is 11.0. The van der Waals surface area contributed by atoms with Gasteiger partial charge in [-0.3, -0.25) is 0 Å². The zero-order valence-electron chi connectivity index (χ0n) is 18.6. The van der Waals surface area contributed by atoms with E-state index in [0.29, 0.717) is 6.42 Å². The summed E-state index contributed by atoms with van der Waals surface area (Å²) in [6.07, 6.45) is 28.9. The summed E-state index contributed by atoms with van der Waals surface area (Å²) in [5, 5.41) is 0. The second-order valence-electron chi connectivity index (χ2n) is 7.96. The molecule has 28 heavy (non-hydrogen) atoms. The third-order valence-corrected chi connectivity index (χ3v) is 5.14. The maximum Gasteiger partial charge on any atom is 0.168 e. The Kier molecular flexibility index (Phi) is 21.1. The van der Waals surface area contributed by atoms with E-state index in [1.165, 1.54) is 89.9 Å². The molecule has 0 aromatic carbocycles. The number of rotatable bonds is 17. The van der Waals surface area contributed by atoms with Gasteiger partial charge in [-0.15, -0.1) is 0 Å². The van der Waals surface area contributed by atoms with E-state index in [-0.39, 0.29) is 12.3 Å². The fourth-order valence-corrected chi connectivity index (χ4v) is 3.29. The number of carbonyl (C=O) groups is 1. The van der Waals surface area contributed by atoms with Crippen molar-refractivity contribution in [2.24, 2.45) is 0 Å². The Morgan fingerprint density at radius 2 is 1.29 bits per heavy atom. The Morgan fingerprint density at radius 3 is 1.61 bits per heavy atom. The summed E-state index contributed by atoms with van der Waals surface area (Å²) in [6, 6.07) is 0. The minimum absolute atomic E-state index is 0.0292. The van der Waals surface area contributed by atoms with Gasteiger partial charge in [-0.2, -0.15) is 0 Å². The van der Waals surface area contributed by atoms with Gasteiger partial charge in [0.25, 0.3) is 0 Å². The lowest BCUT2D eigenvalue weighted by Crippen LogP contribution is -2.01. The molecule has 0 aromatic rings. The van der Waals surface area contributed by atoms with Crippen LogP contribution in [-0.2, 0) is 4.79 Å². The highest BCUT2D eigenvalue weighted by Crippen LogP contribution is 2.13. The molecule has 1 rings (SSSR count). The van der Waals surface area contributed by atoms with E-state index in [9.17, 15) is 4.79 Å². The van der Waals surface area contributed by atoms with Gasteiger partial charge < -0.3 is 10.5 Å². The first-order valence-corrected chi connectivity index (χ1v) is 11.8. The van der Waals surface area contributed by atoms with Gasteiger partial charge in [0, 0.05) is 12.5 Å². The van der Waals surface area contributed by atoms with Gasteiger partial charge in [-0.25, -0.2) is 4.58 Å². The van der Waals surface area contributed by atoms with Crippen LogP contribution in [0.3, 0.4) is 0 Å². The molecule has 0 saturated carbocycles. The lowest BCUT2D eigenvalue weighted by molar-refractivity contribution is -0.436. The number of hydrogen-bond acceptors (Lipinski definition) is 1. The van der Waals surface area contributed by atoms with Gasteiger partial charge in [0.15, 0.2) is 12.7 Å². The highest BCUT2D eigenvalue weighted by atomic mass is 16.1. The first kappa shape index (κ1) is 26.8. The van der Waals surface area contributed by atoms with Crippen LogP contribution in [0.15, 0.2) is 24.4 Å². The summed E-state index contributed by atoms with van der Waals surface area (Å²) < 4.78 is 1.88. The van der Waals surface area contributed by atoms with E-state index in [1.807, 2.05) is 22.9 Å². The van der Waals surface area contributed by atoms with E-state index in [1.54, 1.807) is 0 Å². The molecule has 0 saturated heterocycles. The summed E-state index contributed by atoms with van der Waals surface area (Å²) in [5.41, 5.74) is 6.94. The number of ketones is 1. The monoisotopic (exact) mass is 390 g/mol. The number of unbranched alkanes of at least 4 members (excludes halogenated alkanes) is 14. The fourth-order valence-electron chi connectivity index (χ4n) is 3.29. The van der Waals surface area contributed by atoms with Crippen LogP contribution < -0.4 is 0 Å². The highest BCUT2D eigenvalue weighted by molar-refractivity contribution is 5.81. The third kappa shape index (κ3) is 21.1. The topological polar surface area (TPSA) is 43.9 Å². The Morgan fingerprint density at radius 1 is 0.821 bits per heavy atom. The normalized spacial score (nSPS) is 12.7. The summed E-state index contributed by atoms with van der Waals surface area (Å²) in [7, 11) is 0. The second-order valence-corrected chi connectivity index (χ2v) is 7.96. The quantitative estimate of drug-likeness (QED) is 0.186. The molecule has 1 heterocycles. The lowest BCUT2D eigenvalue weighted by Gasteiger charge is -2.04. The minimum Gasteiger partial charge on any atom is -0.671 e. The Labute approximate surface area is 175 Å². The van der Waals surface area contributed by atoms with Gasteiger partial charge in [-0.1, -0.05) is 109 Å². The van der Waals surface area contributed by atoms with Crippen LogP contribution >= 0.6 is 0 Å². The number of carbonyl (C=O) groups excluding carboxylic acids is 1. The molecule has 0 unspecified atom stereocenters. The van der Waals surface area contributed by atoms with Crippen LogP contribution in [0.1, 0.15) is 110 Å². The van der Waals surface area contributed by atoms with Crippen LogP contribution in [0.2, 0.25) is 0 Å². The van der Waals surface area contributed by atoms with Crippen molar-refractivity contribution < 1.29 is 9.37 Å². The summed E-state index contributed by atoms with van der Waals surface area (Å²) in [4.78, 5) is 11.0. The molecule has 3 nitrogen and oxygen atoms in total. The van der Waals surface area contributed by atoms with Crippen molar-refractivity contribution in [1.82, 2.24) is 0 Å². The minimum atomic E-state index is -0.0292. The van der Waals surface area contributed by atoms with Crippen LogP contribution in [0, 0.1) is 0 Å². The van der Waals surface area contributed by atoms with Crippen molar-refractivity contribution in [3.8, 4) is 0 Å². The number of Topliss-reactive ketones (excluding diaryl/α,β-unsaturated/α-hetero) is 1. The number of hydrogen-bond donors (Lipinski definition) is 0. The molecule has 1 aliphatic rings. The molecule has 0 aliphatic carbocycles. The van der Waals surface area contributed by atoms with Gasteiger partial charge in [-0.05, 0) is 12.5 Å². The smallest absolute Gasteiger partial charge is 0.168 e. The SMILES string of the molecule is C=[N+]1C=CC=CC1.CCCCCCCCCCCCCCCCCC(=O)C[NH-]. The molecule has 1 aliphatic heterocycles. The van der Waals surface area contributed by atoms with Crippen molar-refractivity contribution in [3.63, 3.8) is 0 Å². The molecule has 3 heteroatoms. The van der Waals surface area contributed by atoms with Crippen molar-refractivity contribution >= 4 is 12.5 Å². The molecule has 1 N–H and O–H groups in total. The zero-order valence-corrected chi connectivity index (χ0v) is 18.6. The first-order valence-electron chi connectivity index (χ1n) is 11.8.